The first-order valence-electron chi connectivity index (χ1n) is 6.83. The lowest BCUT2D eigenvalue weighted by atomic mass is 9.97. The molecule has 1 aromatic heterocycles. The molecule has 0 atom stereocenters. The van der Waals surface area contributed by atoms with Crippen LogP contribution in [0.5, 0.6) is 5.88 Å². The summed E-state index contributed by atoms with van der Waals surface area (Å²) < 4.78 is 5.27. The van der Waals surface area contributed by atoms with E-state index in [0.717, 1.165) is 6.42 Å². The molecule has 0 saturated carbocycles. The Morgan fingerprint density at radius 3 is 3.05 bits per heavy atom. The number of hydrogen-bond donors (Lipinski definition) is 1. The first-order valence-corrected chi connectivity index (χ1v) is 6.83. The van der Waals surface area contributed by atoms with E-state index in [1.807, 2.05) is 12.1 Å². The molecule has 0 saturated heterocycles. The maximum atomic E-state index is 11.6. The average Bonchev–Trinajstić information content (AvgIpc) is 2.47. The van der Waals surface area contributed by atoms with Crippen LogP contribution < -0.4 is 10.1 Å². The lowest BCUT2D eigenvalue weighted by molar-refractivity contribution is -0.123. The van der Waals surface area contributed by atoms with E-state index in [4.69, 9.17) is 4.74 Å². The Bertz CT molecular complexity index is 429. The van der Waals surface area contributed by atoms with Crippen LogP contribution in [0, 0.1) is 0 Å². The van der Waals surface area contributed by atoms with E-state index in [1.54, 1.807) is 12.3 Å². The third kappa shape index (κ3) is 5.12. The molecule has 0 bridgehead atoms. The van der Waals surface area contributed by atoms with Crippen molar-refractivity contribution in [2.75, 3.05) is 13.2 Å². The molecule has 0 radical (unpaired) electrons. The van der Waals surface area contributed by atoms with Crippen LogP contribution in [0.3, 0.4) is 0 Å². The number of carbonyl (C=O) groups excluding carboxylic acids is 1. The van der Waals surface area contributed by atoms with Crippen molar-refractivity contribution in [3.63, 3.8) is 0 Å². The molecule has 4 nitrogen and oxygen atoms in total. The fourth-order valence-electron chi connectivity index (χ4n) is 2.12. The topological polar surface area (TPSA) is 51.2 Å². The molecule has 0 spiro atoms. The van der Waals surface area contributed by atoms with Gasteiger partial charge in [0.05, 0.1) is 0 Å². The molecule has 1 aliphatic rings. The summed E-state index contributed by atoms with van der Waals surface area (Å²) in [6.45, 7) is 0.715. The van der Waals surface area contributed by atoms with Gasteiger partial charge in [-0.3, -0.25) is 4.79 Å². The van der Waals surface area contributed by atoms with Gasteiger partial charge in [0, 0.05) is 18.8 Å². The minimum atomic E-state index is -0.0953. The van der Waals surface area contributed by atoms with Crippen molar-refractivity contribution in [3.8, 4) is 5.88 Å². The first-order chi connectivity index (χ1) is 9.34. The number of aromatic nitrogens is 1. The Kier molecular flexibility index (Phi) is 5.41. The molecule has 1 N–H and O–H groups in total. The van der Waals surface area contributed by atoms with Crippen LogP contribution in [0.15, 0.2) is 36.0 Å². The molecule has 1 aliphatic carbocycles. The predicted molar refractivity (Wildman–Crippen MR) is 73.9 cm³/mol. The van der Waals surface area contributed by atoms with Gasteiger partial charge in [0.1, 0.15) is 0 Å². The van der Waals surface area contributed by atoms with Crippen molar-refractivity contribution < 1.29 is 9.53 Å². The molecule has 1 amide bonds. The molecule has 1 heterocycles. The Morgan fingerprint density at radius 2 is 2.32 bits per heavy atom. The van der Waals surface area contributed by atoms with Gasteiger partial charge in [0.25, 0.3) is 5.91 Å². The summed E-state index contributed by atoms with van der Waals surface area (Å²) in [5, 5.41) is 2.87. The number of nitrogens with zero attached hydrogens (tertiary/aromatic N) is 1. The Hall–Kier alpha value is -1.84. The van der Waals surface area contributed by atoms with Gasteiger partial charge in [0.15, 0.2) is 6.61 Å². The number of amides is 1. The minimum Gasteiger partial charge on any atom is -0.468 e. The summed E-state index contributed by atoms with van der Waals surface area (Å²) >= 11 is 0. The standard InChI is InChI=1S/C15H20N2O2/c18-14(12-19-15-8-4-5-10-17-15)16-11-9-13-6-2-1-3-7-13/h4-6,8,10H,1-3,7,9,11-12H2,(H,16,18). The quantitative estimate of drug-likeness (QED) is 0.799. The van der Waals surface area contributed by atoms with E-state index >= 15 is 0 Å². The van der Waals surface area contributed by atoms with Crippen LogP contribution >= 0.6 is 0 Å². The maximum Gasteiger partial charge on any atom is 0.258 e. The fraction of sp³-hybridized carbons (Fsp3) is 0.467. The zero-order chi connectivity index (χ0) is 13.3. The highest BCUT2D eigenvalue weighted by Gasteiger charge is 2.05. The second-order valence-corrected chi connectivity index (χ2v) is 4.66. The van der Waals surface area contributed by atoms with Gasteiger partial charge < -0.3 is 10.1 Å². The smallest absolute Gasteiger partial charge is 0.258 e. The normalized spacial score (nSPS) is 14.6. The molecular formula is C15H20N2O2. The Balaban J connectivity index is 1.61. The minimum absolute atomic E-state index is 0.0239. The lowest BCUT2D eigenvalue weighted by Gasteiger charge is -2.13. The van der Waals surface area contributed by atoms with E-state index in [1.165, 1.54) is 31.3 Å². The van der Waals surface area contributed by atoms with Gasteiger partial charge in [-0.25, -0.2) is 4.98 Å². The number of allylic oxidation sites excluding steroid dienone is 1. The van der Waals surface area contributed by atoms with Crippen molar-refractivity contribution in [2.45, 2.75) is 32.1 Å². The highest BCUT2D eigenvalue weighted by atomic mass is 16.5. The number of ether oxygens (including phenoxy) is 1. The van der Waals surface area contributed by atoms with Crippen LogP contribution in [0.1, 0.15) is 32.1 Å². The summed E-state index contributed by atoms with van der Waals surface area (Å²) in [5.41, 5.74) is 1.47. The largest absolute Gasteiger partial charge is 0.468 e. The van der Waals surface area contributed by atoms with Crippen LogP contribution in [-0.4, -0.2) is 24.0 Å². The number of pyridine rings is 1. The predicted octanol–water partition coefficient (Wildman–Crippen LogP) is 2.47. The van der Waals surface area contributed by atoms with Gasteiger partial charge in [-0.2, -0.15) is 0 Å². The summed E-state index contributed by atoms with van der Waals surface area (Å²) in [5.74, 6) is 0.384. The first kappa shape index (κ1) is 13.6. The van der Waals surface area contributed by atoms with Gasteiger partial charge >= 0.3 is 0 Å². The molecule has 2 rings (SSSR count). The van der Waals surface area contributed by atoms with Gasteiger partial charge in [-0.1, -0.05) is 17.7 Å². The molecule has 0 aliphatic heterocycles. The third-order valence-corrected chi connectivity index (χ3v) is 3.14. The van der Waals surface area contributed by atoms with Crippen molar-refractivity contribution in [2.24, 2.45) is 0 Å². The summed E-state index contributed by atoms with van der Waals surface area (Å²) in [6, 6.07) is 5.38. The molecule has 102 valence electrons. The van der Waals surface area contributed by atoms with Crippen LogP contribution in [0.25, 0.3) is 0 Å². The number of carbonyl (C=O) groups is 1. The number of hydrogen-bond acceptors (Lipinski definition) is 3. The Morgan fingerprint density at radius 1 is 1.37 bits per heavy atom. The summed E-state index contributed by atoms with van der Waals surface area (Å²) in [4.78, 5) is 15.6. The van der Waals surface area contributed by atoms with Crippen molar-refractivity contribution >= 4 is 5.91 Å². The molecule has 0 fully saturated rings. The lowest BCUT2D eigenvalue weighted by Crippen LogP contribution is -2.30. The van der Waals surface area contributed by atoms with Crippen LogP contribution in [0.4, 0.5) is 0 Å². The van der Waals surface area contributed by atoms with Crippen LogP contribution in [-0.2, 0) is 4.79 Å². The molecule has 0 aromatic carbocycles. The maximum absolute atomic E-state index is 11.6. The second-order valence-electron chi connectivity index (χ2n) is 4.66. The molecule has 0 unspecified atom stereocenters. The monoisotopic (exact) mass is 260 g/mol. The molecular weight excluding hydrogens is 240 g/mol. The second kappa shape index (κ2) is 7.56. The molecule has 1 aromatic rings. The zero-order valence-corrected chi connectivity index (χ0v) is 11.1. The summed E-state index contributed by atoms with van der Waals surface area (Å²) in [6.07, 6.45) is 9.85. The van der Waals surface area contributed by atoms with Gasteiger partial charge in [-0.15, -0.1) is 0 Å². The molecule has 4 heteroatoms. The average molecular weight is 260 g/mol. The van der Waals surface area contributed by atoms with E-state index < -0.39 is 0 Å². The van der Waals surface area contributed by atoms with Crippen molar-refractivity contribution in [1.82, 2.24) is 10.3 Å². The van der Waals surface area contributed by atoms with Crippen molar-refractivity contribution in [1.29, 1.82) is 0 Å². The Labute approximate surface area is 113 Å². The van der Waals surface area contributed by atoms with E-state index in [9.17, 15) is 4.79 Å². The highest BCUT2D eigenvalue weighted by Crippen LogP contribution is 2.19. The zero-order valence-electron chi connectivity index (χ0n) is 11.1. The van der Waals surface area contributed by atoms with Crippen LogP contribution in [0.2, 0.25) is 0 Å². The summed E-state index contributed by atoms with van der Waals surface area (Å²) in [7, 11) is 0. The van der Waals surface area contributed by atoms with E-state index in [0.29, 0.717) is 12.4 Å². The van der Waals surface area contributed by atoms with Gasteiger partial charge in [0.2, 0.25) is 5.88 Å². The number of rotatable bonds is 6. The highest BCUT2D eigenvalue weighted by molar-refractivity contribution is 5.77. The van der Waals surface area contributed by atoms with Crippen molar-refractivity contribution in [3.05, 3.63) is 36.0 Å². The van der Waals surface area contributed by atoms with E-state index in [2.05, 4.69) is 16.4 Å². The fourth-order valence-corrected chi connectivity index (χ4v) is 2.12. The van der Waals surface area contributed by atoms with Gasteiger partial charge in [-0.05, 0) is 38.2 Å². The number of nitrogens with one attached hydrogen (secondary N) is 1. The van der Waals surface area contributed by atoms with E-state index in [-0.39, 0.29) is 12.5 Å². The third-order valence-electron chi connectivity index (χ3n) is 3.14. The SMILES string of the molecule is O=C(COc1ccccn1)NCCC1=CCCCC1. The molecule has 19 heavy (non-hydrogen) atoms.